The number of benzene rings is 2. The lowest BCUT2D eigenvalue weighted by Gasteiger charge is -2.27. The van der Waals surface area contributed by atoms with Gasteiger partial charge in [-0.1, -0.05) is 94.9 Å². The van der Waals surface area contributed by atoms with Gasteiger partial charge in [0.25, 0.3) is 0 Å². The molecule has 0 radical (unpaired) electrons. The van der Waals surface area contributed by atoms with Crippen LogP contribution < -0.4 is 4.74 Å². The van der Waals surface area contributed by atoms with E-state index in [0.29, 0.717) is 41.9 Å². The number of halogens is 3. The molecule has 0 saturated heterocycles. The number of aryl methyl sites for hydroxylation is 1. The second kappa shape index (κ2) is 17.0. The molecule has 2 aliphatic rings. The minimum absolute atomic E-state index is 0.0783. The molecule has 0 spiro atoms. The fourth-order valence-electron chi connectivity index (χ4n) is 6.54. The second-order valence-corrected chi connectivity index (χ2v) is 12.7. The zero-order valence-corrected chi connectivity index (χ0v) is 25.9. The van der Waals surface area contributed by atoms with Crippen LogP contribution >= 0.6 is 0 Å². The van der Waals surface area contributed by atoms with Crippen LogP contribution in [0.3, 0.4) is 0 Å². The van der Waals surface area contributed by atoms with Crippen molar-refractivity contribution in [2.24, 2.45) is 23.7 Å². The summed E-state index contributed by atoms with van der Waals surface area (Å²) in [6.45, 7) is 4.82. The number of allylic oxidation sites excluding steroid dienone is 4. The molecule has 230 valence electrons. The summed E-state index contributed by atoms with van der Waals surface area (Å²) in [5.41, 5.74) is 0.774. The van der Waals surface area contributed by atoms with Crippen molar-refractivity contribution < 1.29 is 17.9 Å². The number of hydrogen-bond donors (Lipinski definition) is 0. The van der Waals surface area contributed by atoms with Crippen LogP contribution in [0.4, 0.5) is 13.2 Å². The molecule has 0 aliphatic heterocycles. The minimum atomic E-state index is -0.913. The molecule has 0 aromatic heterocycles. The van der Waals surface area contributed by atoms with E-state index in [4.69, 9.17) is 4.74 Å². The van der Waals surface area contributed by atoms with E-state index in [1.54, 1.807) is 24.3 Å². The average molecular weight is 581 g/mol. The maximum atomic E-state index is 14.9. The third kappa shape index (κ3) is 9.51. The highest BCUT2D eigenvalue weighted by molar-refractivity contribution is 5.65. The molecule has 1 fully saturated rings. The van der Waals surface area contributed by atoms with Gasteiger partial charge in [-0.25, -0.2) is 13.2 Å². The molecule has 2 aromatic rings. The molecule has 2 aliphatic carbocycles. The largest absolute Gasteiger partial charge is 0.490 e. The summed E-state index contributed by atoms with van der Waals surface area (Å²) < 4.78 is 50.2. The van der Waals surface area contributed by atoms with Crippen molar-refractivity contribution in [2.75, 3.05) is 6.61 Å². The minimum Gasteiger partial charge on any atom is -0.490 e. The SMILES string of the molecule is CCCCCCC1C=CC(C=CC2CCC(COc3ccc(-c4ccc(CCCCC)c(F)c4F)cc3F)CC2)CC1. The summed E-state index contributed by atoms with van der Waals surface area (Å²) in [7, 11) is 0. The number of ether oxygens (including phenoxy) is 1. The molecule has 4 rings (SSSR count). The van der Waals surface area contributed by atoms with E-state index in [0.717, 1.165) is 50.9 Å². The first-order valence-electron chi connectivity index (χ1n) is 16.7. The molecule has 2 unspecified atom stereocenters. The predicted molar refractivity (Wildman–Crippen MR) is 169 cm³/mol. The van der Waals surface area contributed by atoms with E-state index >= 15 is 0 Å². The highest BCUT2D eigenvalue weighted by Crippen LogP contribution is 2.34. The summed E-state index contributed by atoms with van der Waals surface area (Å²) in [6.07, 6.45) is 26.8. The molecule has 0 bridgehead atoms. The Morgan fingerprint density at radius 2 is 1.55 bits per heavy atom. The van der Waals surface area contributed by atoms with Gasteiger partial charge in [0, 0.05) is 5.56 Å². The third-order valence-corrected chi connectivity index (χ3v) is 9.38. The second-order valence-electron chi connectivity index (χ2n) is 12.7. The van der Waals surface area contributed by atoms with Crippen LogP contribution in [0, 0.1) is 41.1 Å². The zero-order valence-electron chi connectivity index (χ0n) is 25.9. The lowest BCUT2D eigenvalue weighted by atomic mass is 9.81. The van der Waals surface area contributed by atoms with Crippen LogP contribution in [-0.2, 0) is 6.42 Å². The first kappa shape index (κ1) is 32.4. The van der Waals surface area contributed by atoms with E-state index < -0.39 is 17.5 Å². The van der Waals surface area contributed by atoms with E-state index in [2.05, 4.69) is 38.2 Å². The Labute approximate surface area is 252 Å². The molecule has 1 nitrogen and oxygen atoms in total. The van der Waals surface area contributed by atoms with Gasteiger partial charge in [0.05, 0.1) is 6.61 Å². The van der Waals surface area contributed by atoms with E-state index in [9.17, 15) is 13.2 Å². The van der Waals surface area contributed by atoms with Crippen LogP contribution in [0.1, 0.15) is 109 Å². The Bertz CT molecular complexity index is 1160. The summed E-state index contributed by atoms with van der Waals surface area (Å²) in [5, 5.41) is 0. The standard InChI is InChI=1S/C38H51F3O/c1-3-5-7-9-10-28-12-14-29(15-13-28)16-17-30-18-20-31(21-19-30)27-42-36-25-23-33(26-35(36)39)34-24-22-32(11-8-6-4-2)37(40)38(34)41/h12,14,16-17,22-26,28-31H,3-11,13,15,18-21,27H2,1-2H3. The molecule has 0 N–H and O–H groups in total. The smallest absolute Gasteiger partial charge is 0.166 e. The number of hydrogen-bond acceptors (Lipinski definition) is 1. The molecule has 4 heteroatoms. The topological polar surface area (TPSA) is 9.23 Å². The molecular weight excluding hydrogens is 529 g/mol. The van der Waals surface area contributed by atoms with Gasteiger partial charge >= 0.3 is 0 Å². The maximum absolute atomic E-state index is 14.9. The van der Waals surface area contributed by atoms with E-state index in [1.807, 2.05) is 0 Å². The van der Waals surface area contributed by atoms with Crippen LogP contribution in [0.25, 0.3) is 11.1 Å². The fraction of sp³-hybridized carbons (Fsp3) is 0.579. The average Bonchev–Trinajstić information content (AvgIpc) is 3.01. The molecule has 1 saturated carbocycles. The molecule has 0 amide bonds. The highest BCUT2D eigenvalue weighted by atomic mass is 19.2. The van der Waals surface area contributed by atoms with Crippen molar-refractivity contribution in [2.45, 2.75) is 110 Å². The van der Waals surface area contributed by atoms with Gasteiger partial charge < -0.3 is 4.74 Å². The van der Waals surface area contributed by atoms with Gasteiger partial charge in [-0.3, -0.25) is 0 Å². The predicted octanol–water partition coefficient (Wildman–Crippen LogP) is 11.8. The van der Waals surface area contributed by atoms with Crippen LogP contribution in [0.15, 0.2) is 54.6 Å². The van der Waals surface area contributed by atoms with Gasteiger partial charge in [-0.15, -0.1) is 0 Å². The van der Waals surface area contributed by atoms with Crippen molar-refractivity contribution in [3.05, 3.63) is 77.7 Å². The molecular formula is C38H51F3O. The summed E-state index contributed by atoms with van der Waals surface area (Å²) in [4.78, 5) is 0. The van der Waals surface area contributed by atoms with Crippen LogP contribution in [-0.4, -0.2) is 6.61 Å². The van der Waals surface area contributed by atoms with Crippen LogP contribution in [0.2, 0.25) is 0 Å². The lowest BCUT2D eigenvalue weighted by Crippen LogP contribution is -2.19. The molecule has 2 aromatic carbocycles. The van der Waals surface area contributed by atoms with Gasteiger partial charge in [0.1, 0.15) is 0 Å². The molecule has 2 atom stereocenters. The Morgan fingerprint density at radius 3 is 2.26 bits per heavy atom. The van der Waals surface area contributed by atoms with Crippen molar-refractivity contribution >= 4 is 0 Å². The van der Waals surface area contributed by atoms with Gasteiger partial charge in [0.15, 0.2) is 23.2 Å². The summed E-state index contributed by atoms with van der Waals surface area (Å²) in [6, 6.07) is 7.58. The van der Waals surface area contributed by atoms with Crippen LogP contribution in [0.5, 0.6) is 5.75 Å². The van der Waals surface area contributed by atoms with Gasteiger partial charge in [0.2, 0.25) is 0 Å². The van der Waals surface area contributed by atoms with Crippen molar-refractivity contribution in [1.29, 1.82) is 0 Å². The van der Waals surface area contributed by atoms with Crippen molar-refractivity contribution in [1.82, 2.24) is 0 Å². The van der Waals surface area contributed by atoms with E-state index in [-0.39, 0.29) is 11.3 Å². The number of rotatable bonds is 15. The normalized spacial score (nSPS) is 22.6. The monoisotopic (exact) mass is 580 g/mol. The first-order valence-corrected chi connectivity index (χ1v) is 16.7. The fourth-order valence-corrected chi connectivity index (χ4v) is 6.54. The quantitative estimate of drug-likeness (QED) is 0.150. The Morgan fingerprint density at radius 1 is 0.762 bits per heavy atom. The van der Waals surface area contributed by atoms with Gasteiger partial charge in [-0.2, -0.15) is 0 Å². The Hall–Kier alpha value is -2.49. The van der Waals surface area contributed by atoms with E-state index in [1.165, 1.54) is 51.0 Å². The first-order chi connectivity index (χ1) is 20.5. The summed E-state index contributed by atoms with van der Waals surface area (Å²) >= 11 is 0. The molecule has 0 heterocycles. The maximum Gasteiger partial charge on any atom is 0.166 e. The van der Waals surface area contributed by atoms with Crippen molar-refractivity contribution in [3.8, 4) is 16.9 Å². The Balaban J connectivity index is 1.20. The zero-order chi connectivity index (χ0) is 29.7. The lowest BCUT2D eigenvalue weighted by molar-refractivity contribution is 0.189. The van der Waals surface area contributed by atoms with Gasteiger partial charge in [-0.05, 0) is 105 Å². The number of unbranched alkanes of at least 4 members (excludes halogenated alkanes) is 5. The summed E-state index contributed by atoms with van der Waals surface area (Å²) in [5.74, 6) is 0.271. The Kier molecular flexibility index (Phi) is 13.1. The molecule has 42 heavy (non-hydrogen) atoms. The van der Waals surface area contributed by atoms with Crippen molar-refractivity contribution in [3.63, 3.8) is 0 Å². The third-order valence-electron chi connectivity index (χ3n) is 9.38. The highest BCUT2D eigenvalue weighted by Gasteiger charge is 2.22.